The summed E-state index contributed by atoms with van der Waals surface area (Å²) in [4.78, 5) is 26.5. The van der Waals surface area contributed by atoms with Gasteiger partial charge in [-0.2, -0.15) is 0 Å². The molecule has 0 bridgehead atoms. The van der Waals surface area contributed by atoms with Gasteiger partial charge in [0.1, 0.15) is 5.75 Å². The summed E-state index contributed by atoms with van der Waals surface area (Å²) in [5, 5.41) is 0. The second-order valence-electron chi connectivity index (χ2n) is 6.83. The number of benzene rings is 1. The van der Waals surface area contributed by atoms with Crippen LogP contribution in [0.3, 0.4) is 0 Å². The topological polar surface area (TPSA) is 46.6 Å². The van der Waals surface area contributed by atoms with E-state index in [1.807, 2.05) is 11.0 Å². The van der Waals surface area contributed by atoms with Gasteiger partial charge in [-0.05, 0) is 56.7 Å². The van der Waals surface area contributed by atoms with Crippen LogP contribution in [0.5, 0.6) is 5.75 Å². The number of hydrogen-bond acceptors (Lipinski definition) is 3. The third-order valence-corrected chi connectivity index (χ3v) is 5.73. The van der Waals surface area contributed by atoms with Crippen molar-refractivity contribution >= 4 is 27.6 Å². The van der Waals surface area contributed by atoms with E-state index in [1.165, 1.54) is 32.6 Å². The van der Waals surface area contributed by atoms with Gasteiger partial charge < -0.3 is 9.64 Å². The highest BCUT2D eigenvalue weighted by Gasteiger charge is 2.35. The first-order chi connectivity index (χ1) is 11.6. The minimum absolute atomic E-state index is 0.00509. The molecule has 4 nitrogen and oxygen atoms in total. The molecule has 1 aliphatic heterocycles. The van der Waals surface area contributed by atoms with Crippen LogP contribution in [0.15, 0.2) is 22.7 Å². The van der Waals surface area contributed by atoms with Crippen LogP contribution in [0.4, 0.5) is 0 Å². The molecular weight excluding hydrogens is 370 g/mol. The minimum atomic E-state index is -0.0657. The van der Waals surface area contributed by atoms with Gasteiger partial charge in [-0.15, -0.1) is 0 Å². The molecule has 1 heterocycles. The molecule has 1 aromatic rings. The first kappa shape index (κ1) is 17.5. The number of halogens is 1. The molecule has 24 heavy (non-hydrogen) atoms. The van der Waals surface area contributed by atoms with Gasteiger partial charge in [-0.1, -0.05) is 28.8 Å². The zero-order chi connectivity index (χ0) is 17.1. The molecule has 0 spiro atoms. The molecule has 2 atom stereocenters. The zero-order valence-corrected chi connectivity index (χ0v) is 15.7. The molecule has 1 saturated carbocycles. The van der Waals surface area contributed by atoms with Gasteiger partial charge in [0.2, 0.25) is 0 Å². The highest BCUT2D eigenvalue weighted by Crippen LogP contribution is 2.35. The number of amides is 1. The van der Waals surface area contributed by atoms with Gasteiger partial charge in [0.15, 0.2) is 12.4 Å². The average molecular weight is 394 g/mol. The Balaban J connectivity index is 1.66. The van der Waals surface area contributed by atoms with Gasteiger partial charge in [0, 0.05) is 17.1 Å². The number of hydrogen-bond donors (Lipinski definition) is 0. The third kappa shape index (κ3) is 3.82. The number of carbonyl (C=O) groups is 2. The van der Waals surface area contributed by atoms with Crippen LogP contribution in [0.25, 0.3) is 0 Å². The number of ether oxygens (including phenoxy) is 1. The summed E-state index contributed by atoms with van der Waals surface area (Å²) in [6.07, 6.45) is 7.21. The SMILES string of the molecule is CC(=O)c1cc(Br)ccc1OCC(=O)N1CCCC2CCCCC21. The lowest BCUT2D eigenvalue weighted by atomic mass is 9.78. The molecule has 1 saturated heterocycles. The number of fused-ring (bicyclic) bond motifs is 1. The van der Waals surface area contributed by atoms with Crippen molar-refractivity contribution in [3.05, 3.63) is 28.2 Å². The fraction of sp³-hybridized carbons (Fsp3) is 0.579. The maximum atomic E-state index is 12.7. The first-order valence-corrected chi connectivity index (χ1v) is 9.58. The molecule has 2 aliphatic rings. The number of Topliss-reactive ketones (excluding diaryl/α,β-unsaturated/α-hetero) is 1. The van der Waals surface area contributed by atoms with Crippen molar-refractivity contribution < 1.29 is 14.3 Å². The molecule has 0 aromatic heterocycles. The minimum Gasteiger partial charge on any atom is -0.483 e. The Morgan fingerprint density at radius 1 is 1.21 bits per heavy atom. The fourth-order valence-corrected chi connectivity index (χ4v) is 4.42. The van der Waals surface area contributed by atoms with Crippen LogP contribution in [0.2, 0.25) is 0 Å². The Hall–Kier alpha value is -1.36. The van der Waals surface area contributed by atoms with Crippen molar-refractivity contribution in [3.63, 3.8) is 0 Å². The number of nitrogens with zero attached hydrogens (tertiary/aromatic N) is 1. The lowest BCUT2D eigenvalue weighted by Crippen LogP contribution is -2.51. The second-order valence-corrected chi connectivity index (χ2v) is 7.74. The van der Waals surface area contributed by atoms with Gasteiger partial charge >= 0.3 is 0 Å². The number of likely N-dealkylation sites (tertiary alicyclic amines) is 1. The zero-order valence-electron chi connectivity index (χ0n) is 14.1. The monoisotopic (exact) mass is 393 g/mol. The molecule has 1 aromatic carbocycles. The highest BCUT2D eigenvalue weighted by atomic mass is 79.9. The van der Waals surface area contributed by atoms with Crippen LogP contribution in [0.1, 0.15) is 55.8 Å². The largest absolute Gasteiger partial charge is 0.483 e. The van der Waals surface area contributed by atoms with Crippen molar-refractivity contribution in [2.24, 2.45) is 5.92 Å². The van der Waals surface area contributed by atoms with E-state index in [2.05, 4.69) is 15.9 Å². The normalized spacial score (nSPS) is 23.5. The van der Waals surface area contributed by atoms with Crippen LogP contribution in [0, 0.1) is 5.92 Å². The van der Waals surface area contributed by atoms with E-state index in [4.69, 9.17) is 4.74 Å². The third-order valence-electron chi connectivity index (χ3n) is 5.24. The van der Waals surface area contributed by atoms with Crippen LogP contribution in [-0.4, -0.2) is 35.8 Å². The van der Waals surface area contributed by atoms with Crippen LogP contribution < -0.4 is 4.74 Å². The summed E-state index contributed by atoms with van der Waals surface area (Å²) in [5.41, 5.74) is 0.506. The van der Waals surface area contributed by atoms with Crippen LogP contribution in [-0.2, 0) is 4.79 Å². The molecule has 2 unspecified atom stereocenters. The number of piperidine rings is 1. The van der Waals surface area contributed by atoms with Gasteiger partial charge in [0.25, 0.3) is 5.91 Å². The fourth-order valence-electron chi connectivity index (χ4n) is 4.06. The Labute approximate surface area is 151 Å². The quantitative estimate of drug-likeness (QED) is 0.719. The summed E-state index contributed by atoms with van der Waals surface area (Å²) in [6.45, 7) is 2.35. The average Bonchev–Trinajstić information content (AvgIpc) is 2.59. The molecule has 3 rings (SSSR count). The van der Waals surface area contributed by atoms with Crippen molar-refractivity contribution in [1.82, 2.24) is 4.90 Å². The number of rotatable bonds is 4. The summed E-state index contributed by atoms with van der Waals surface area (Å²) >= 11 is 3.36. The molecule has 5 heteroatoms. The lowest BCUT2D eigenvalue weighted by Gasteiger charge is -2.44. The summed E-state index contributed by atoms with van der Waals surface area (Å²) in [6, 6.07) is 5.69. The first-order valence-electron chi connectivity index (χ1n) is 8.79. The highest BCUT2D eigenvalue weighted by molar-refractivity contribution is 9.10. The number of carbonyl (C=O) groups excluding carboxylic acids is 2. The van der Waals surface area contributed by atoms with Crippen molar-refractivity contribution in [2.45, 2.75) is 51.5 Å². The van der Waals surface area contributed by atoms with Crippen molar-refractivity contribution in [3.8, 4) is 5.75 Å². The standard InChI is InChI=1S/C19H24BrNO3/c1-13(22)16-11-15(20)8-9-18(16)24-12-19(23)21-10-4-6-14-5-2-3-7-17(14)21/h8-9,11,14,17H,2-7,10,12H2,1H3. The van der Waals surface area contributed by atoms with E-state index in [0.29, 0.717) is 23.3 Å². The Kier molecular flexibility index (Phi) is 5.59. The maximum absolute atomic E-state index is 12.7. The second kappa shape index (κ2) is 7.68. The van der Waals surface area contributed by atoms with Gasteiger partial charge in [-0.25, -0.2) is 0 Å². The smallest absolute Gasteiger partial charge is 0.260 e. The van der Waals surface area contributed by atoms with E-state index >= 15 is 0 Å². The van der Waals surface area contributed by atoms with E-state index in [9.17, 15) is 9.59 Å². The molecule has 2 fully saturated rings. The van der Waals surface area contributed by atoms with Crippen molar-refractivity contribution in [2.75, 3.05) is 13.2 Å². The molecule has 1 amide bonds. The van der Waals surface area contributed by atoms with E-state index in [0.717, 1.165) is 23.9 Å². The Morgan fingerprint density at radius 3 is 2.75 bits per heavy atom. The van der Waals surface area contributed by atoms with E-state index in [1.54, 1.807) is 12.1 Å². The number of ketones is 1. The molecular formula is C19H24BrNO3. The van der Waals surface area contributed by atoms with Crippen LogP contribution >= 0.6 is 15.9 Å². The lowest BCUT2D eigenvalue weighted by molar-refractivity contribution is -0.139. The maximum Gasteiger partial charge on any atom is 0.260 e. The van der Waals surface area contributed by atoms with Crippen molar-refractivity contribution in [1.29, 1.82) is 0 Å². The summed E-state index contributed by atoms with van der Waals surface area (Å²) in [7, 11) is 0. The van der Waals surface area contributed by atoms with E-state index < -0.39 is 0 Å². The Morgan fingerprint density at radius 2 is 1.96 bits per heavy atom. The van der Waals surface area contributed by atoms with Gasteiger partial charge in [0.05, 0.1) is 5.56 Å². The molecule has 1 aliphatic carbocycles. The molecule has 130 valence electrons. The summed E-state index contributed by atoms with van der Waals surface area (Å²) < 4.78 is 6.54. The predicted molar refractivity (Wildman–Crippen MR) is 96.3 cm³/mol. The predicted octanol–water partition coefficient (Wildman–Crippen LogP) is 4.21. The molecule has 0 radical (unpaired) electrons. The van der Waals surface area contributed by atoms with E-state index in [-0.39, 0.29) is 18.3 Å². The Bertz CT molecular complexity index is 629. The summed E-state index contributed by atoms with van der Waals surface area (Å²) in [5.74, 6) is 1.13. The molecule has 0 N–H and O–H groups in total. The van der Waals surface area contributed by atoms with Gasteiger partial charge in [-0.3, -0.25) is 9.59 Å².